The van der Waals surface area contributed by atoms with Gasteiger partial charge in [-0.3, -0.25) is 4.68 Å². The van der Waals surface area contributed by atoms with Crippen LogP contribution in [0.4, 0.5) is 0 Å². The van der Waals surface area contributed by atoms with Gasteiger partial charge in [-0.15, -0.1) is 0 Å². The molecule has 7 nitrogen and oxygen atoms in total. The summed E-state index contributed by atoms with van der Waals surface area (Å²) in [7, 11) is 1.85. The first-order chi connectivity index (χ1) is 8.95. The van der Waals surface area contributed by atoms with Gasteiger partial charge in [0.05, 0.1) is 6.54 Å². The zero-order chi connectivity index (χ0) is 14.3. The molecule has 0 radical (unpaired) electrons. The van der Waals surface area contributed by atoms with Crippen molar-refractivity contribution in [2.75, 3.05) is 6.54 Å². The molecule has 0 saturated carbocycles. The summed E-state index contributed by atoms with van der Waals surface area (Å²) in [6.45, 7) is 5.55. The molecule has 0 amide bonds. The topological polar surface area (TPSA) is 101 Å². The Kier molecular flexibility index (Phi) is 5.75. The third-order valence-electron chi connectivity index (χ3n) is 3.14. The van der Waals surface area contributed by atoms with Gasteiger partial charge in [0.1, 0.15) is 12.2 Å². The molecule has 0 aromatic carbocycles. The highest BCUT2D eigenvalue weighted by Crippen LogP contribution is 2.22. The Morgan fingerprint density at radius 2 is 2.26 bits per heavy atom. The lowest BCUT2D eigenvalue weighted by molar-refractivity contribution is 0.304. The third kappa shape index (κ3) is 5.25. The fourth-order valence-corrected chi connectivity index (χ4v) is 1.75. The summed E-state index contributed by atoms with van der Waals surface area (Å²) < 4.78 is 1.69. The van der Waals surface area contributed by atoms with E-state index in [9.17, 15) is 0 Å². The molecule has 7 heteroatoms. The molecule has 0 aliphatic carbocycles. The molecule has 0 atom stereocenters. The van der Waals surface area contributed by atoms with E-state index in [4.69, 9.17) is 10.9 Å². The molecular weight excluding hydrogens is 244 g/mol. The summed E-state index contributed by atoms with van der Waals surface area (Å²) in [5, 5.41) is 19.2. The first-order valence-corrected chi connectivity index (χ1v) is 6.49. The minimum Gasteiger partial charge on any atom is -0.409 e. The second-order valence-corrected chi connectivity index (χ2v) is 5.34. The largest absolute Gasteiger partial charge is 0.409 e. The smallest absolute Gasteiger partial charge is 0.164 e. The number of unbranched alkanes of at least 4 members (excludes halogenated alkanes) is 1. The minimum atomic E-state index is -0.253. The van der Waals surface area contributed by atoms with Crippen LogP contribution in [-0.2, 0) is 13.6 Å². The van der Waals surface area contributed by atoms with Crippen LogP contribution in [0.5, 0.6) is 0 Å². The number of nitrogens with zero attached hydrogens (tertiary/aromatic N) is 4. The second-order valence-electron chi connectivity index (χ2n) is 5.34. The molecule has 4 N–H and O–H groups in total. The molecule has 0 aliphatic heterocycles. The van der Waals surface area contributed by atoms with Gasteiger partial charge < -0.3 is 16.3 Å². The Hall–Kier alpha value is -1.63. The van der Waals surface area contributed by atoms with Crippen LogP contribution >= 0.6 is 0 Å². The fourth-order valence-electron chi connectivity index (χ4n) is 1.75. The van der Waals surface area contributed by atoms with Crippen molar-refractivity contribution < 1.29 is 5.21 Å². The van der Waals surface area contributed by atoms with E-state index in [2.05, 4.69) is 20.6 Å². The predicted octanol–water partition coefficient (Wildman–Crippen LogP) is 0.848. The van der Waals surface area contributed by atoms with Crippen LogP contribution in [0.2, 0.25) is 0 Å². The third-order valence-corrected chi connectivity index (χ3v) is 3.14. The maximum atomic E-state index is 8.67. The number of aryl methyl sites for hydroxylation is 1. The van der Waals surface area contributed by atoms with E-state index in [0.717, 1.165) is 31.6 Å². The van der Waals surface area contributed by atoms with Gasteiger partial charge >= 0.3 is 0 Å². The molecule has 0 bridgehead atoms. The number of hydrogen-bond donors (Lipinski definition) is 3. The summed E-state index contributed by atoms with van der Waals surface area (Å²) >= 11 is 0. The molecule has 19 heavy (non-hydrogen) atoms. The summed E-state index contributed by atoms with van der Waals surface area (Å²) in [6, 6.07) is 0. The summed E-state index contributed by atoms with van der Waals surface area (Å²) in [5.41, 5.74) is 5.38. The number of oxime groups is 1. The van der Waals surface area contributed by atoms with Crippen LogP contribution in [0.25, 0.3) is 0 Å². The Morgan fingerprint density at radius 3 is 2.84 bits per heavy atom. The van der Waals surface area contributed by atoms with Crippen molar-refractivity contribution in [1.82, 2.24) is 20.1 Å². The van der Waals surface area contributed by atoms with Gasteiger partial charge in [-0.25, -0.2) is 4.98 Å². The SMILES string of the molecule is Cn1cnc(CNCCCCC(C)(C)C(N)=NO)n1. The van der Waals surface area contributed by atoms with E-state index in [1.165, 1.54) is 0 Å². The average molecular weight is 268 g/mol. The van der Waals surface area contributed by atoms with Crippen LogP contribution in [0.1, 0.15) is 38.9 Å². The number of nitrogens with one attached hydrogen (secondary N) is 1. The monoisotopic (exact) mass is 268 g/mol. The highest BCUT2D eigenvalue weighted by molar-refractivity contribution is 5.85. The number of amidine groups is 1. The van der Waals surface area contributed by atoms with Gasteiger partial charge in [-0.2, -0.15) is 5.10 Å². The van der Waals surface area contributed by atoms with Crippen molar-refractivity contribution >= 4 is 5.84 Å². The highest BCUT2D eigenvalue weighted by Gasteiger charge is 2.22. The molecule has 1 rings (SSSR count). The number of nitrogens with two attached hydrogens (primary N) is 1. The molecular formula is C12H24N6O. The maximum Gasteiger partial charge on any atom is 0.164 e. The zero-order valence-electron chi connectivity index (χ0n) is 11.9. The number of hydrogen-bond acceptors (Lipinski definition) is 5. The predicted molar refractivity (Wildman–Crippen MR) is 73.8 cm³/mol. The van der Waals surface area contributed by atoms with E-state index in [0.29, 0.717) is 6.54 Å². The van der Waals surface area contributed by atoms with Crippen LogP contribution in [0.15, 0.2) is 11.5 Å². The van der Waals surface area contributed by atoms with Crippen LogP contribution < -0.4 is 11.1 Å². The normalized spacial score (nSPS) is 12.9. The van der Waals surface area contributed by atoms with Gasteiger partial charge in [-0.1, -0.05) is 25.4 Å². The minimum absolute atomic E-state index is 0.253. The van der Waals surface area contributed by atoms with Crippen molar-refractivity contribution in [3.05, 3.63) is 12.2 Å². The lowest BCUT2D eigenvalue weighted by atomic mass is 9.86. The van der Waals surface area contributed by atoms with E-state index in [1.54, 1.807) is 11.0 Å². The van der Waals surface area contributed by atoms with Crippen LogP contribution in [-0.4, -0.2) is 32.4 Å². The summed E-state index contributed by atoms with van der Waals surface area (Å²) in [4.78, 5) is 4.14. The van der Waals surface area contributed by atoms with Crippen molar-refractivity contribution in [2.45, 2.75) is 39.7 Å². The van der Waals surface area contributed by atoms with E-state index in [1.807, 2.05) is 20.9 Å². The molecule has 0 fully saturated rings. The van der Waals surface area contributed by atoms with Crippen molar-refractivity contribution in [2.24, 2.45) is 23.4 Å². The maximum absolute atomic E-state index is 8.67. The molecule has 0 saturated heterocycles. The fraction of sp³-hybridized carbons (Fsp3) is 0.750. The molecule has 0 unspecified atom stereocenters. The van der Waals surface area contributed by atoms with Gasteiger partial charge in [0, 0.05) is 12.5 Å². The van der Waals surface area contributed by atoms with E-state index >= 15 is 0 Å². The second kappa shape index (κ2) is 7.08. The molecule has 0 spiro atoms. The standard InChI is InChI=1S/C12H24N6O/c1-12(2,11(13)17-19)6-4-5-7-14-8-10-15-9-18(3)16-10/h9,14,19H,4-8H2,1-3H3,(H2,13,17). The first kappa shape index (κ1) is 15.4. The summed E-state index contributed by atoms with van der Waals surface area (Å²) in [5.74, 6) is 1.10. The Bertz CT molecular complexity index is 412. The number of rotatable bonds is 8. The van der Waals surface area contributed by atoms with E-state index < -0.39 is 0 Å². The van der Waals surface area contributed by atoms with Gasteiger partial charge in [0.2, 0.25) is 0 Å². The van der Waals surface area contributed by atoms with Gasteiger partial charge in [0.15, 0.2) is 5.82 Å². The molecule has 108 valence electrons. The Balaban J connectivity index is 2.11. The molecule has 1 aromatic rings. The average Bonchev–Trinajstić information content (AvgIpc) is 2.78. The highest BCUT2D eigenvalue weighted by atomic mass is 16.4. The lowest BCUT2D eigenvalue weighted by Crippen LogP contribution is -2.32. The summed E-state index contributed by atoms with van der Waals surface area (Å²) in [6.07, 6.45) is 4.64. The molecule has 0 aliphatic rings. The molecule has 1 heterocycles. The Labute approximate surface area is 113 Å². The van der Waals surface area contributed by atoms with Gasteiger partial charge in [0.25, 0.3) is 0 Å². The first-order valence-electron chi connectivity index (χ1n) is 6.49. The van der Waals surface area contributed by atoms with Gasteiger partial charge in [-0.05, 0) is 19.4 Å². The quantitative estimate of drug-likeness (QED) is 0.213. The van der Waals surface area contributed by atoms with E-state index in [-0.39, 0.29) is 11.3 Å². The number of aromatic nitrogens is 3. The molecule has 1 aromatic heterocycles. The van der Waals surface area contributed by atoms with Crippen LogP contribution in [0, 0.1) is 5.41 Å². The van der Waals surface area contributed by atoms with Crippen molar-refractivity contribution in [1.29, 1.82) is 0 Å². The van der Waals surface area contributed by atoms with Crippen molar-refractivity contribution in [3.63, 3.8) is 0 Å². The van der Waals surface area contributed by atoms with Crippen LogP contribution in [0.3, 0.4) is 0 Å². The van der Waals surface area contributed by atoms with Crippen molar-refractivity contribution in [3.8, 4) is 0 Å². The Morgan fingerprint density at radius 1 is 1.53 bits per heavy atom. The lowest BCUT2D eigenvalue weighted by Gasteiger charge is -2.22. The zero-order valence-corrected chi connectivity index (χ0v) is 11.9.